The summed E-state index contributed by atoms with van der Waals surface area (Å²) in [5.74, 6) is 2.62. The lowest BCUT2D eigenvalue weighted by Crippen LogP contribution is -2.05. The van der Waals surface area contributed by atoms with Crippen molar-refractivity contribution in [2.45, 2.75) is 33.1 Å². The highest BCUT2D eigenvalue weighted by Crippen LogP contribution is 2.53. The molecule has 0 N–H and O–H groups in total. The molecule has 1 aliphatic rings. The Morgan fingerprint density at radius 3 is 2.63 bits per heavy atom. The lowest BCUT2D eigenvalue weighted by molar-refractivity contribution is 0.297. The summed E-state index contributed by atoms with van der Waals surface area (Å²) >= 11 is 0. The van der Waals surface area contributed by atoms with E-state index in [2.05, 4.69) is 40.6 Å². The summed E-state index contributed by atoms with van der Waals surface area (Å²) < 4.78 is 16.1. The van der Waals surface area contributed by atoms with Crippen LogP contribution in [-0.4, -0.2) is 41.0 Å². The molecule has 2 aromatic heterocycles. The van der Waals surface area contributed by atoms with Gasteiger partial charge >= 0.3 is 6.01 Å². The van der Waals surface area contributed by atoms with Gasteiger partial charge in [0, 0.05) is 6.20 Å². The molecule has 1 aliphatic carbocycles. The van der Waals surface area contributed by atoms with Crippen LogP contribution in [0.4, 0.5) is 0 Å². The fourth-order valence-corrected chi connectivity index (χ4v) is 3.37. The third-order valence-corrected chi connectivity index (χ3v) is 4.89. The van der Waals surface area contributed by atoms with Crippen LogP contribution in [0.1, 0.15) is 44.4 Å². The second kappa shape index (κ2) is 7.90. The average molecular weight is 370 g/mol. The molecule has 0 amide bonds. The van der Waals surface area contributed by atoms with Crippen molar-refractivity contribution in [2.24, 2.45) is 11.8 Å². The Morgan fingerprint density at radius 1 is 1.26 bits per heavy atom. The number of rotatable bonds is 8. The highest BCUT2D eigenvalue weighted by atomic mass is 16.5. The zero-order chi connectivity index (χ0) is 19.6. The SMILES string of the molecule is C=C(OCC)c1nnc(-c2cnc(OC)nc2OC)cc1[C@H]1C[C@@H]1C(C)C. The van der Waals surface area contributed by atoms with E-state index in [1.54, 1.807) is 13.3 Å². The van der Waals surface area contributed by atoms with Gasteiger partial charge in [-0.15, -0.1) is 10.2 Å². The Bertz CT molecular complexity index is 838. The topological polar surface area (TPSA) is 79.3 Å². The van der Waals surface area contributed by atoms with Crippen LogP contribution in [0, 0.1) is 11.8 Å². The van der Waals surface area contributed by atoms with Crippen molar-refractivity contribution in [3.63, 3.8) is 0 Å². The first kappa shape index (κ1) is 19.1. The molecule has 27 heavy (non-hydrogen) atoms. The van der Waals surface area contributed by atoms with Gasteiger partial charge in [0.25, 0.3) is 0 Å². The molecule has 0 bridgehead atoms. The summed E-state index contributed by atoms with van der Waals surface area (Å²) in [5, 5.41) is 8.80. The molecule has 7 nitrogen and oxygen atoms in total. The van der Waals surface area contributed by atoms with E-state index in [4.69, 9.17) is 14.2 Å². The average Bonchev–Trinajstić information content (AvgIpc) is 3.48. The van der Waals surface area contributed by atoms with E-state index in [-0.39, 0.29) is 6.01 Å². The largest absolute Gasteiger partial charge is 0.492 e. The summed E-state index contributed by atoms with van der Waals surface area (Å²) in [4.78, 5) is 8.42. The highest BCUT2D eigenvalue weighted by Gasteiger charge is 2.42. The van der Waals surface area contributed by atoms with Crippen LogP contribution in [0.2, 0.25) is 0 Å². The molecule has 2 aromatic rings. The standard InChI is InChI=1S/C20H26N4O3/c1-7-27-12(4)18-15(14-8-13(14)11(2)3)9-17(23-24-18)16-10-21-20(26-6)22-19(16)25-5/h9-11,13-14H,4,7-8H2,1-3,5-6H3/t13-,14+/m1/s1. The molecule has 1 fully saturated rings. The fourth-order valence-electron chi connectivity index (χ4n) is 3.37. The van der Waals surface area contributed by atoms with E-state index in [9.17, 15) is 0 Å². The molecule has 2 heterocycles. The zero-order valence-corrected chi connectivity index (χ0v) is 16.5. The van der Waals surface area contributed by atoms with Gasteiger partial charge in [-0.05, 0) is 42.7 Å². The van der Waals surface area contributed by atoms with Gasteiger partial charge in [-0.25, -0.2) is 4.98 Å². The minimum Gasteiger partial charge on any atom is -0.492 e. The maximum Gasteiger partial charge on any atom is 0.319 e. The molecular formula is C20H26N4O3. The molecule has 0 saturated heterocycles. The normalized spacial score (nSPS) is 18.3. The number of methoxy groups -OCH3 is 2. The predicted octanol–water partition coefficient (Wildman–Crippen LogP) is 3.72. The van der Waals surface area contributed by atoms with Crippen molar-refractivity contribution >= 4 is 5.76 Å². The van der Waals surface area contributed by atoms with Crippen LogP contribution in [0.15, 0.2) is 18.8 Å². The summed E-state index contributed by atoms with van der Waals surface area (Å²) in [6.07, 6.45) is 2.77. The molecule has 144 valence electrons. The quantitative estimate of drug-likeness (QED) is 0.655. The second-order valence-electron chi connectivity index (χ2n) is 6.92. The Labute approximate surface area is 159 Å². The summed E-state index contributed by atoms with van der Waals surface area (Å²) in [5.41, 5.74) is 3.16. The molecule has 0 spiro atoms. The van der Waals surface area contributed by atoms with Gasteiger partial charge in [-0.2, -0.15) is 4.98 Å². The maximum absolute atomic E-state index is 5.60. The minimum atomic E-state index is 0.243. The molecule has 0 aromatic carbocycles. The lowest BCUT2D eigenvalue weighted by atomic mass is 10.00. The van der Waals surface area contributed by atoms with E-state index in [1.807, 2.05) is 13.0 Å². The van der Waals surface area contributed by atoms with Crippen LogP contribution < -0.4 is 9.47 Å². The third kappa shape index (κ3) is 3.86. The van der Waals surface area contributed by atoms with Crippen molar-refractivity contribution in [2.75, 3.05) is 20.8 Å². The lowest BCUT2D eigenvalue weighted by Gasteiger charge is -2.14. The van der Waals surface area contributed by atoms with Gasteiger partial charge in [0.05, 0.1) is 26.4 Å². The van der Waals surface area contributed by atoms with Gasteiger partial charge in [0.2, 0.25) is 5.88 Å². The second-order valence-corrected chi connectivity index (χ2v) is 6.92. The Balaban J connectivity index is 2.05. The molecule has 1 saturated carbocycles. The maximum atomic E-state index is 5.60. The number of aromatic nitrogens is 4. The Kier molecular flexibility index (Phi) is 5.58. The van der Waals surface area contributed by atoms with Crippen LogP contribution in [0.25, 0.3) is 17.0 Å². The highest BCUT2D eigenvalue weighted by molar-refractivity contribution is 5.68. The van der Waals surface area contributed by atoms with Crippen LogP contribution in [0.5, 0.6) is 11.9 Å². The van der Waals surface area contributed by atoms with E-state index >= 15 is 0 Å². The van der Waals surface area contributed by atoms with Gasteiger partial charge in [0.15, 0.2) is 0 Å². The van der Waals surface area contributed by atoms with Crippen molar-refractivity contribution in [1.82, 2.24) is 20.2 Å². The molecule has 7 heteroatoms. The third-order valence-electron chi connectivity index (χ3n) is 4.89. The van der Waals surface area contributed by atoms with E-state index < -0.39 is 0 Å². The van der Waals surface area contributed by atoms with Crippen LogP contribution in [-0.2, 0) is 4.74 Å². The van der Waals surface area contributed by atoms with Crippen molar-refractivity contribution < 1.29 is 14.2 Å². The molecule has 3 rings (SSSR count). The number of hydrogen-bond donors (Lipinski definition) is 0. The van der Waals surface area contributed by atoms with Crippen molar-refractivity contribution in [1.29, 1.82) is 0 Å². The summed E-state index contributed by atoms with van der Waals surface area (Å²) in [7, 11) is 3.07. The monoisotopic (exact) mass is 370 g/mol. The fraction of sp³-hybridized carbons (Fsp3) is 0.500. The van der Waals surface area contributed by atoms with E-state index in [0.717, 1.165) is 17.7 Å². The number of hydrogen-bond acceptors (Lipinski definition) is 7. The first-order valence-corrected chi connectivity index (χ1v) is 9.15. The first-order chi connectivity index (χ1) is 13.0. The molecule has 0 aliphatic heterocycles. The first-order valence-electron chi connectivity index (χ1n) is 9.15. The van der Waals surface area contributed by atoms with E-state index in [0.29, 0.717) is 47.3 Å². The Morgan fingerprint density at radius 2 is 2.04 bits per heavy atom. The van der Waals surface area contributed by atoms with Gasteiger partial charge in [-0.1, -0.05) is 20.4 Å². The van der Waals surface area contributed by atoms with Crippen LogP contribution >= 0.6 is 0 Å². The smallest absolute Gasteiger partial charge is 0.319 e. The van der Waals surface area contributed by atoms with Gasteiger partial charge in [0.1, 0.15) is 17.1 Å². The Hall–Kier alpha value is -2.70. The van der Waals surface area contributed by atoms with Crippen molar-refractivity contribution in [3.8, 4) is 23.1 Å². The summed E-state index contributed by atoms with van der Waals surface area (Å²) in [6, 6.07) is 2.28. The van der Waals surface area contributed by atoms with Crippen molar-refractivity contribution in [3.05, 3.63) is 30.1 Å². The van der Waals surface area contributed by atoms with Crippen LogP contribution in [0.3, 0.4) is 0 Å². The molecular weight excluding hydrogens is 344 g/mol. The number of nitrogens with zero attached hydrogens (tertiary/aromatic N) is 4. The van der Waals surface area contributed by atoms with Gasteiger partial charge < -0.3 is 14.2 Å². The van der Waals surface area contributed by atoms with E-state index in [1.165, 1.54) is 7.11 Å². The van der Waals surface area contributed by atoms with Gasteiger partial charge in [-0.3, -0.25) is 0 Å². The predicted molar refractivity (Wildman–Crippen MR) is 103 cm³/mol. The molecule has 0 unspecified atom stereocenters. The minimum absolute atomic E-state index is 0.243. The zero-order valence-electron chi connectivity index (χ0n) is 16.5. The molecule has 2 atom stereocenters. The molecule has 0 radical (unpaired) electrons. The summed E-state index contributed by atoms with van der Waals surface area (Å²) in [6.45, 7) is 11.0. The number of ether oxygens (including phenoxy) is 3.